The predicted molar refractivity (Wildman–Crippen MR) is 109 cm³/mol. The van der Waals surface area contributed by atoms with Crippen LogP contribution < -0.4 is 4.90 Å². The van der Waals surface area contributed by atoms with Crippen LogP contribution in [0.2, 0.25) is 0 Å². The Morgan fingerprint density at radius 2 is 1.48 bits per heavy atom. The van der Waals surface area contributed by atoms with Gasteiger partial charge in [-0.2, -0.15) is 0 Å². The van der Waals surface area contributed by atoms with Crippen molar-refractivity contribution in [2.45, 2.75) is 95.1 Å². The maximum atomic E-state index is 5.64. The molecule has 1 aromatic heterocycles. The molecule has 2 fully saturated rings. The Bertz CT molecular complexity index is 737. The fourth-order valence-electron chi connectivity index (χ4n) is 5.93. The maximum absolute atomic E-state index is 5.64. The Labute approximate surface area is 163 Å². The summed E-state index contributed by atoms with van der Waals surface area (Å²) in [6.07, 6.45) is 18.0. The van der Waals surface area contributed by atoms with Gasteiger partial charge in [-0.1, -0.05) is 67.9 Å². The van der Waals surface area contributed by atoms with E-state index in [0.717, 1.165) is 0 Å². The molecule has 3 aliphatic rings. The van der Waals surface area contributed by atoms with Crippen molar-refractivity contribution in [2.75, 3.05) is 4.90 Å². The smallest absolute Gasteiger partial charge is 0.147 e. The fraction of sp³-hybridized carbons (Fsp3) is 0.625. The molecule has 1 atom stereocenters. The van der Waals surface area contributed by atoms with Crippen LogP contribution in [0.25, 0.3) is 0 Å². The summed E-state index contributed by atoms with van der Waals surface area (Å²) >= 11 is 0. The standard InChI is InChI=1S/C24H32N2O/c1-3-10-19(11-4-1)26(20-12-5-2-6-13-20)23-17-27-25-24(23)22-16-15-18-9-7-8-14-21(18)22/h7-9,14,17,19-20,22H,1-6,10-13,15-16H2. The molecule has 0 bridgehead atoms. The van der Waals surface area contributed by atoms with E-state index in [1.54, 1.807) is 0 Å². The summed E-state index contributed by atoms with van der Waals surface area (Å²) < 4.78 is 5.64. The SMILES string of the molecule is c1ccc2c(c1)CCC2c1nocc1N(C1CCCCC1)C1CCCCC1. The number of fused-ring (bicyclic) bond motifs is 1. The fourth-order valence-corrected chi connectivity index (χ4v) is 5.93. The molecule has 0 N–H and O–H groups in total. The first-order valence-corrected chi connectivity index (χ1v) is 11.2. The van der Waals surface area contributed by atoms with E-state index in [0.29, 0.717) is 18.0 Å². The highest BCUT2D eigenvalue weighted by molar-refractivity contribution is 5.56. The molecular weight excluding hydrogens is 332 g/mol. The molecule has 0 aliphatic heterocycles. The normalized spacial score (nSPS) is 24.1. The van der Waals surface area contributed by atoms with E-state index in [2.05, 4.69) is 34.3 Å². The lowest BCUT2D eigenvalue weighted by Gasteiger charge is -2.43. The Morgan fingerprint density at radius 3 is 2.19 bits per heavy atom. The minimum Gasteiger partial charge on any atom is -0.362 e. The van der Waals surface area contributed by atoms with Gasteiger partial charge in [0, 0.05) is 18.0 Å². The van der Waals surface area contributed by atoms with E-state index in [-0.39, 0.29) is 0 Å². The number of rotatable bonds is 4. The molecule has 0 amide bonds. The quantitative estimate of drug-likeness (QED) is 0.644. The number of hydrogen-bond donors (Lipinski definition) is 0. The van der Waals surface area contributed by atoms with Gasteiger partial charge in [-0.25, -0.2) is 0 Å². The Balaban J connectivity index is 1.50. The molecular formula is C24H32N2O. The summed E-state index contributed by atoms with van der Waals surface area (Å²) in [5.74, 6) is 0.407. The lowest BCUT2D eigenvalue weighted by molar-refractivity contribution is 0.338. The third kappa shape index (κ3) is 3.30. The van der Waals surface area contributed by atoms with E-state index in [1.807, 2.05) is 6.26 Å². The van der Waals surface area contributed by atoms with Crippen LogP contribution in [0.4, 0.5) is 5.69 Å². The molecule has 2 saturated carbocycles. The second-order valence-electron chi connectivity index (χ2n) is 8.87. The van der Waals surface area contributed by atoms with Crippen LogP contribution in [0.5, 0.6) is 0 Å². The van der Waals surface area contributed by atoms with Crippen LogP contribution in [-0.4, -0.2) is 17.2 Å². The maximum Gasteiger partial charge on any atom is 0.147 e. The molecule has 3 nitrogen and oxygen atoms in total. The van der Waals surface area contributed by atoms with Gasteiger partial charge in [0.2, 0.25) is 0 Å². The zero-order valence-corrected chi connectivity index (χ0v) is 16.4. The summed E-state index contributed by atoms with van der Waals surface area (Å²) in [7, 11) is 0. The molecule has 0 spiro atoms. The van der Waals surface area contributed by atoms with Gasteiger partial charge in [0.1, 0.15) is 17.6 Å². The highest BCUT2D eigenvalue weighted by Crippen LogP contribution is 2.44. The second kappa shape index (κ2) is 7.69. The molecule has 0 radical (unpaired) electrons. The predicted octanol–water partition coefficient (Wildman–Crippen LogP) is 6.22. The number of aromatic nitrogens is 1. The minimum absolute atomic E-state index is 0.407. The average Bonchev–Trinajstić information content (AvgIpc) is 3.37. The van der Waals surface area contributed by atoms with Gasteiger partial charge in [-0.05, 0) is 49.7 Å². The molecule has 3 heteroatoms. The van der Waals surface area contributed by atoms with Crippen molar-refractivity contribution >= 4 is 5.69 Å². The summed E-state index contributed by atoms with van der Waals surface area (Å²) in [5.41, 5.74) is 5.49. The molecule has 1 heterocycles. The van der Waals surface area contributed by atoms with Crippen molar-refractivity contribution < 1.29 is 4.52 Å². The first-order valence-electron chi connectivity index (χ1n) is 11.2. The first kappa shape index (κ1) is 17.3. The molecule has 1 unspecified atom stereocenters. The first-order chi connectivity index (χ1) is 13.4. The molecule has 2 aromatic rings. The molecule has 0 saturated heterocycles. The van der Waals surface area contributed by atoms with Crippen molar-refractivity contribution in [1.29, 1.82) is 0 Å². The van der Waals surface area contributed by atoms with Crippen molar-refractivity contribution in [3.63, 3.8) is 0 Å². The second-order valence-corrected chi connectivity index (χ2v) is 8.87. The van der Waals surface area contributed by atoms with Gasteiger partial charge in [-0.15, -0.1) is 0 Å². The van der Waals surface area contributed by atoms with Crippen LogP contribution in [0, 0.1) is 0 Å². The van der Waals surface area contributed by atoms with Crippen LogP contribution in [-0.2, 0) is 6.42 Å². The number of anilines is 1. The van der Waals surface area contributed by atoms with Crippen molar-refractivity contribution in [3.8, 4) is 0 Å². The van der Waals surface area contributed by atoms with Crippen LogP contribution in [0.1, 0.15) is 93.4 Å². The largest absolute Gasteiger partial charge is 0.362 e. The van der Waals surface area contributed by atoms with Gasteiger partial charge in [-0.3, -0.25) is 0 Å². The van der Waals surface area contributed by atoms with Gasteiger partial charge < -0.3 is 9.42 Å². The highest BCUT2D eigenvalue weighted by atomic mass is 16.5. The number of aryl methyl sites for hydroxylation is 1. The van der Waals surface area contributed by atoms with Gasteiger partial charge >= 0.3 is 0 Å². The Morgan fingerprint density at radius 1 is 0.815 bits per heavy atom. The number of benzene rings is 1. The summed E-state index contributed by atoms with van der Waals surface area (Å²) in [4.78, 5) is 2.78. The van der Waals surface area contributed by atoms with Crippen LogP contribution in [0.3, 0.4) is 0 Å². The van der Waals surface area contributed by atoms with E-state index in [4.69, 9.17) is 4.52 Å². The molecule has 27 heavy (non-hydrogen) atoms. The summed E-state index contributed by atoms with van der Waals surface area (Å²) in [6.45, 7) is 0. The zero-order chi connectivity index (χ0) is 18.1. The molecule has 5 rings (SSSR count). The monoisotopic (exact) mass is 364 g/mol. The third-order valence-electron chi connectivity index (χ3n) is 7.26. The van der Waals surface area contributed by atoms with Crippen molar-refractivity contribution in [3.05, 3.63) is 47.3 Å². The van der Waals surface area contributed by atoms with Gasteiger partial charge in [0.05, 0.1) is 0 Å². The highest BCUT2D eigenvalue weighted by Gasteiger charge is 2.35. The van der Waals surface area contributed by atoms with E-state index in [9.17, 15) is 0 Å². The third-order valence-corrected chi connectivity index (χ3v) is 7.26. The minimum atomic E-state index is 0.407. The molecule has 3 aliphatic carbocycles. The lowest BCUT2D eigenvalue weighted by atomic mass is 9.87. The van der Waals surface area contributed by atoms with Crippen molar-refractivity contribution in [1.82, 2.24) is 5.16 Å². The Hall–Kier alpha value is -1.77. The zero-order valence-electron chi connectivity index (χ0n) is 16.4. The number of hydrogen-bond acceptors (Lipinski definition) is 3. The summed E-state index contributed by atoms with van der Waals surface area (Å²) in [5, 5.41) is 4.59. The Kier molecular flexibility index (Phi) is 4.94. The van der Waals surface area contributed by atoms with Gasteiger partial charge in [0.25, 0.3) is 0 Å². The topological polar surface area (TPSA) is 29.3 Å². The van der Waals surface area contributed by atoms with E-state index < -0.39 is 0 Å². The van der Waals surface area contributed by atoms with E-state index in [1.165, 1.54) is 99.6 Å². The van der Waals surface area contributed by atoms with E-state index >= 15 is 0 Å². The average molecular weight is 365 g/mol. The van der Waals surface area contributed by atoms with Crippen LogP contribution in [0.15, 0.2) is 35.1 Å². The van der Waals surface area contributed by atoms with Gasteiger partial charge in [0.15, 0.2) is 0 Å². The lowest BCUT2D eigenvalue weighted by Crippen LogP contribution is -2.45. The molecule has 144 valence electrons. The van der Waals surface area contributed by atoms with Crippen molar-refractivity contribution in [2.24, 2.45) is 0 Å². The van der Waals surface area contributed by atoms with Crippen LogP contribution >= 0.6 is 0 Å². The summed E-state index contributed by atoms with van der Waals surface area (Å²) in [6, 6.07) is 10.3. The molecule has 1 aromatic carbocycles. The number of nitrogens with zero attached hydrogens (tertiary/aromatic N) is 2.